The summed E-state index contributed by atoms with van der Waals surface area (Å²) < 4.78 is 1.24. The Labute approximate surface area is 96.0 Å². The summed E-state index contributed by atoms with van der Waals surface area (Å²) in [6, 6.07) is 0. The van der Waals surface area contributed by atoms with Gasteiger partial charge in [0.15, 0.2) is 0 Å². The van der Waals surface area contributed by atoms with Crippen molar-refractivity contribution in [3.63, 3.8) is 0 Å². The third kappa shape index (κ3) is 1.95. The zero-order chi connectivity index (χ0) is 9.10. The van der Waals surface area contributed by atoms with Crippen molar-refractivity contribution in [2.75, 3.05) is 0 Å². The van der Waals surface area contributed by atoms with E-state index >= 15 is 0 Å². The van der Waals surface area contributed by atoms with Gasteiger partial charge < -0.3 is 4.28 Å². The van der Waals surface area contributed by atoms with E-state index in [4.69, 9.17) is 0 Å². The van der Waals surface area contributed by atoms with Gasteiger partial charge in [-0.25, -0.2) is 0 Å². The topological polar surface area (TPSA) is 0 Å². The average Bonchev–Trinajstić information content (AvgIpc) is 2.76. The summed E-state index contributed by atoms with van der Waals surface area (Å²) in [6.45, 7) is 0. The van der Waals surface area contributed by atoms with Crippen LogP contribution in [0.25, 0.3) is 0 Å². The van der Waals surface area contributed by atoms with Gasteiger partial charge in [0.2, 0.25) is 0 Å². The van der Waals surface area contributed by atoms with Gasteiger partial charge in [-0.05, 0) is 0 Å². The van der Waals surface area contributed by atoms with Crippen LogP contribution in [0.15, 0.2) is 47.6 Å². The van der Waals surface area contributed by atoms with Gasteiger partial charge in [0.25, 0.3) is 0 Å². The first-order valence-corrected chi connectivity index (χ1v) is 5.88. The van der Waals surface area contributed by atoms with Gasteiger partial charge in [0, 0.05) is 0 Å². The Balaban J connectivity index is 0. The predicted octanol–water partition coefficient (Wildman–Crippen LogP) is 3.68. The van der Waals surface area contributed by atoms with Crippen LogP contribution < -0.4 is 0 Å². The quantitative estimate of drug-likeness (QED) is 0.620. The summed E-state index contributed by atoms with van der Waals surface area (Å²) in [5.74, 6) is 0.699. The van der Waals surface area contributed by atoms with Crippen LogP contribution >= 0.6 is 0 Å². The van der Waals surface area contributed by atoms with E-state index in [2.05, 4.69) is 56.9 Å². The van der Waals surface area contributed by atoms with E-state index in [1.165, 1.54) is 4.73 Å². The molecule has 0 aliphatic heterocycles. The first-order valence-electron chi connectivity index (χ1n) is 4.77. The van der Waals surface area contributed by atoms with Crippen molar-refractivity contribution >= 4 is 0 Å². The van der Waals surface area contributed by atoms with E-state index in [-0.39, 0.29) is 4.28 Å². The fraction of sp³-hybridized carbons (Fsp3) is 0.333. The standard InChI is InChI=1S/C12H13.Ti.3H/c1-10(11-6-2-3-7-11)12-8-4-5-9-12;;;;/h2-6,8,10H,1,7,9H2;;;;/q;+3;3*-1. The normalized spacial score (nSPS) is 19.9. The molecule has 2 aliphatic carbocycles. The zero-order valence-electron chi connectivity index (χ0n) is 10.7. The molecular formula is C12H16Ti. The van der Waals surface area contributed by atoms with Crippen molar-refractivity contribution < 1.29 is 24.7 Å². The second kappa shape index (κ2) is 4.26. The van der Waals surface area contributed by atoms with Crippen molar-refractivity contribution in [2.45, 2.75) is 17.6 Å². The molecular weight excluding hydrogens is 192 g/mol. The van der Waals surface area contributed by atoms with Gasteiger partial charge in [0.1, 0.15) is 0 Å². The van der Waals surface area contributed by atoms with Crippen LogP contribution in [0.4, 0.5) is 0 Å². The van der Waals surface area contributed by atoms with Gasteiger partial charge in [-0.1, -0.05) is 0 Å². The second-order valence-electron chi connectivity index (χ2n) is 3.50. The summed E-state index contributed by atoms with van der Waals surface area (Å²) in [5.41, 5.74) is 3.19. The van der Waals surface area contributed by atoms with E-state index in [1.807, 2.05) is 0 Å². The minimum absolute atomic E-state index is 0. The molecule has 0 nitrogen and oxygen atoms in total. The van der Waals surface area contributed by atoms with Gasteiger partial charge in [-0.3, -0.25) is 0 Å². The van der Waals surface area contributed by atoms with Crippen molar-refractivity contribution in [1.29, 1.82) is 0 Å². The number of rotatable bonds is 3. The average molecular weight is 208 g/mol. The molecule has 0 aromatic carbocycles. The molecule has 2 rings (SSSR count). The first-order chi connectivity index (χ1) is 6.42. The van der Waals surface area contributed by atoms with Crippen molar-refractivity contribution in [1.82, 2.24) is 0 Å². The Hall–Kier alpha value is -0.326. The first kappa shape index (κ1) is 9.24. The van der Waals surface area contributed by atoms with Crippen molar-refractivity contribution in [2.24, 2.45) is 5.92 Å². The van der Waals surface area contributed by atoms with Crippen molar-refractivity contribution in [3.05, 3.63) is 47.6 Å². The molecule has 0 bridgehead atoms. The van der Waals surface area contributed by atoms with Gasteiger partial charge >= 0.3 is 91.5 Å². The molecule has 0 saturated heterocycles. The van der Waals surface area contributed by atoms with E-state index in [1.54, 1.807) is 11.1 Å². The third-order valence-electron chi connectivity index (χ3n) is 2.70. The molecule has 0 heterocycles. The molecule has 0 radical (unpaired) electrons. The van der Waals surface area contributed by atoms with Crippen LogP contribution in [0, 0.1) is 5.92 Å². The zero-order valence-corrected chi connectivity index (χ0v) is 9.22. The van der Waals surface area contributed by atoms with E-state index < -0.39 is 0 Å². The van der Waals surface area contributed by atoms with Crippen LogP contribution in [-0.2, 0) is 20.4 Å². The number of allylic oxidation sites excluding steroid dienone is 8. The molecule has 0 amide bonds. The molecule has 0 saturated carbocycles. The molecule has 1 heteroatoms. The molecule has 13 heavy (non-hydrogen) atoms. The Kier molecular flexibility index (Phi) is 3.03. The van der Waals surface area contributed by atoms with Gasteiger partial charge in [0.05, 0.1) is 0 Å². The van der Waals surface area contributed by atoms with Crippen LogP contribution in [0.3, 0.4) is 0 Å². The number of hydrogen-bond donors (Lipinski definition) is 0. The predicted molar refractivity (Wildman–Crippen MR) is 55.3 cm³/mol. The number of hydrogen-bond acceptors (Lipinski definition) is 0. The maximum atomic E-state index is 2.29. The summed E-state index contributed by atoms with van der Waals surface area (Å²) in [6.07, 6.45) is 15.8. The molecule has 0 aromatic rings. The van der Waals surface area contributed by atoms with Crippen LogP contribution in [0.1, 0.15) is 17.1 Å². The molecule has 0 aromatic heterocycles. The van der Waals surface area contributed by atoms with Crippen LogP contribution in [0.2, 0.25) is 4.73 Å². The monoisotopic (exact) mass is 208 g/mol. The molecule has 0 spiro atoms. The molecule has 0 unspecified atom stereocenters. The third-order valence-corrected chi connectivity index (χ3v) is 3.34. The Morgan fingerprint density at radius 2 is 1.69 bits per heavy atom. The summed E-state index contributed by atoms with van der Waals surface area (Å²) in [4.78, 5) is 0. The maximum absolute atomic E-state index is 2.29. The SMILES string of the molecule is [H-].[H-].[H-].[Ti+3][CH2]C(C1=CC=CC1)C1=CC=CC1. The molecule has 2 aliphatic rings. The van der Waals surface area contributed by atoms with E-state index in [0.717, 1.165) is 12.8 Å². The van der Waals surface area contributed by atoms with Crippen molar-refractivity contribution in [3.8, 4) is 0 Å². The fourth-order valence-corrected chi connectivity index (χ4v) is 2.76. The molecule has 0 atom stereocenters. The van der Waals surface area contributed by atoms with E-state index in [9.17, 15) is 0 Å². The molecule has 68 valence electrons. The fourth-order valence-electron chi connectivity index (χ4n) is 1.94. The summed E-state index contributed by atoms with van der Waals surface area (Å²) in [7, 11) is 0. The Bertz CT molecular complexity index is 286. The van der Waals surface area contributed by atoms with Crippen LogP contribution in [0.5, 0.6) is 0 Å². The summed E-state index contributed by atoms with van der Waals surface area (Å²) in [5, 5.41) is 0. The minimum atomic E-state index is 0. The molecule has 0 fully saturated rings. The molecule has 0 N–H and O–H groups in total. The second-order valence-corrected chi connectivity index (χ2v) is 4.14. The Morgan fingerprint density at radius 1 is 1.15 bits per heavy atom. The van der Waals surface area contributed by atoms with Gasteiger partial charge in [-0.2, -0.15) is 0 Å². The summed E-state index contributed by atoms with van der Waals surface area (Å²) >= 11 is 2.28. The Morgan fingerprint density at radius 3 is 2.00 bits per heavy atom. The van der Waals surface area contributed by atoms with E-state index in [0.29, 0.717) is 5.92 Å². The van der Waals surface area contributed by atoms with Crippen LogP contribution in [-0.4, -0.2) is 0 Å². The van der Waals surface area contributed by atoms with Gasteiger partial charge in [-0.15, -0.1) is 0 Å².